The highest BCUT2D eigenvalue weighted by Crippen LogP contribution is 2.29. The zero-order valence-electron chi connectivity index (χ0n) is 11.4. The van der Waals surface area contributed by atoms with Gasteiger partial charge in [0.2, 0.25) is 0 Å². The molecule has 4 nitrogen and oxygen atoms in total. The van der Waals surface area contributed by atoms with Crippen LogP contribution in [0.1, 0.15) is 38.1 Å². The molecule has 0 radical (unpaired) electrons. The van der Waals surface area contributed by atoms with E-state index in [2.05, 4.69) is 45.9 Å². The van der Waals surface area contributed by atoms with Gasteiger partial charge in [-0.25, -0.2) is 9.67 Å². The average molecular weight is 324 g/mol. The van der Waals surface area contributed by atoms with Crippen LogP contribution in [0, 0.1) is 0 Å². The van der Waals surface area contributed by atoms with Crippen LogP contribution in [0.25, 0.3) is 0 Å². The molecule has 0 atom stereocenters. The summed E-state index contributed by atoms with van der Waals surface area (Å²) in [7, 11) is 0. The summed E-state index contributed by atoms with van der Waals surface area (Å²) in [5, 5.41) is 4.14. The van der Waals surface area contributed by atoms with Crippen LogP contribution in [0.3, 0.4) is 0 Å². The number of halogens is 1. The summed E-state index contributed by atoms with van der Waals surface area (Å²) in [6.07, 6.45) is 1.56. The number of hydrogen-bond donors (Lipinski definition) is 0. The normalized spacial score (nSPS) is 11.0. The molecule has 0 saturated carbocycles. The summed E-state index contributed by atoms with van der Waals surface area (Å²) in [6, 6.07) is 6.09. The Hall–Kier alpha value is -1.36. The maximum atomic E-state index is 5.90. The first-order chi connectivity index (χ1) is 9.11. The predicted octanol–water partition coefficient (Wildman–Crippen LogP) is 3.76. The number of aromatic nitrogens is 3. The molecule has 0 aliphatic rings. The lowest BCUT2D eigenvalue weighted by molar-refractivity contribution is 0.283. The molecular formula is C14H18BrN3O. The van der Waals surface area contributed by atoms with Crippen LogP contribution in [0.5, 0.6) is 5.75 Å². The van der Waals surface area contributed by atoms with E-state index >= 15 is 0 Å². The molecule has 1 aromatic heterocycles. The number of rotatable bonds is 5. The molecule has 0 aliphatic carbocycles. The van der Waals surface area contributed by atoms with E-state index in [1.807, 2.05) is 23.7 Å². The maximum absolute atomic E-state index is 5.90. The van der Waals surface area contributed by atoms with Gasteiger partial charge in [-0.3, -0.25) is 0 Å². The minimum atomic E-state index is 0.413. The van der Waals surface area contributed by atoms with Crippen molar-refractivity contribution in [3.05, 3.63) is 40.4 Å². The molecule has 2 aromatic rings. The van der Waals surface area contributed by atoms with Gasteiger partial charge in [0.25, 0.3) is 0 Å². The zero-order valence-corrected chi connectivity index (χ0v) is 13.0. The van der Waals surface area contributed by atoms with Crippen LogP contribution in [0.15, 0.2) is 29.0 Å². The quantitative estimate of drug-likeness (QED) is 0.841. The van der Waals surface area contributed by atoms with E-state index in [0.29, 0.717) is 12.5 Å². The fraction of sp³-hybridized carbons (Fsp3) is 0.429. The van der Waals surface area contributed by atoms with Crippen LogP contribution < -0.4 is 4.74 Å². The number of benzene rings is 1. The summed E-state index contributed by atoms with van der Waals surface area (Å²) >= 11 is 3.50. The van der Waals surface area contributed by atoms with Gasteiger partial charge in [-0.05, 0) is 36.6 Å². The molecule has 0 bridgehead atoms. The monoisotopic (exact) mass is 323 g/mol. The summed E-state index contributed by atoms with van der Waals surface area (Å²) in [5.74, 6) is 2.17. The standard InChI is InChI=1S/C14H18BrN3O/c1-4-18-14(16-9-17-18)8-19-13-6-5-11(15)7-12(13)10(2)3/h5-7,9-10H,4,8H2,1-3H3. The largest absolute Gasteiger partial charge is 0.485 e. The molecule has 0 aliphatic heterocycles. The van der Waals surface area contributed by atoms with E-state index in [4.69, 9.17) is 4.74 Å². The van der Waals surface area contributed by atoms with Crippen molar-refractivity contribution >= 4 is 15.9 Å². The van der Waals surface area contributed by atoms with E-state index < -0.39 is 0 Å². The SMILES string of the molecule is CCn1ncnc1COc1ccc(Br)cc1C(C)C. The lowest BCUT2D eigenvalue weighted by Gasteiger charge is -2.14. The van der Waals surface area contributed by atoms with Gasteiger partial charge < -0.3 is 4.74 Å². The Bertz CT molecular complexity index is 551. The Labute approximate surface area is 121 Å². The average Bonchev–Trinajstić information content (AvgIpc) is 2.84. The van der Waals surface area contributed by atoms with E-state index in [-0.39, 0.29) is 0 Å². The van der Waals surface area contributed by atoms with Gasteiger partial charge in [-0.2, -0.15) is 5.10 Å². The van der Waals surface area contributed by atoms with Crippen LogP contribution in [-0.2, 0) is 13.2 Å². The molecule has 0 unspecified atom stereocenters. The van der Waals surface area contributed by atoms with Crippen molar-refractivity contribution in [1.82, 2.24) is 14.8 Å². The second-order valence-corrected chi connectivity index (χ2v) is 5.53. The summed E-state index contributed by atoms with van der Waals surface area (Å²) < 4.78 is 8.81. The van der Waals surface area contributed by atoms with Crippen LogP contribution in [0.4, 0.5) is 0 Å². The van der Waals surface area contributed by atoms with Crippen molar-refractivity contribution in [2.24, 2.45) is 0 Å². The summed E-state index contributed by atoms with van der Waals surface area (Å²) in [6.45, 7) is 7.59. The first-order valence-corrected chi connectivity index (χ1v) is 7.20. The molecular weight excluding hydrogens is 306 g/mol. The predicted molar refractivity (Wildman–Crippen MR) is 78.3 cm³/mol. The van der Waals surface area contributed by atoms with Crippen LogP contribution >= 0.6 is 15.9 Å². The van der Waals surface area contributed by atoms with Crippen LogP contribution in [-0.4, -0.2) is 14.8 Å². The highest BCUT2D eigenvalue weighted by molar-refractivity contribution is 9.10. The molecule has 1 aromatic carbocycles. The second kappa shape index (κ2) is 6.19. The molecule has 1 heterocycles. The Balaban J connectivity index is 2.15. The molecule has 0 spiro atoms. The van der Waals surface area contributed by atoms with E-state index in [9.17, 15) is 0 Å². The fourth-order valence-corrected chi connectivity index (χ4v) is 2.29. The fourth-order valence-electron chi connectivity index (χ4n) is 1.91. The second-order valence-electron chi connectivity index (χ2n) is 4.62. The number of ether oxygens (including phenoxy) is 1. The Kier molecular flexibility index (Phi) is 4.58. The van der Waals surface area contributed by atoms with E-state index in [1.165, 1.54) is 5.56 Å². The molecule has 0 fully saturated rings. The van der Waals surface area contributed by atoms with Crippen molar-refractivity contribution in [1.29, 1.82) is 0 Å². The van der Waals surface area contributed by atoms with E-state index in [1.54, 1.807) is 6.33 Å². The first kappa shape index (κ1) is 14.1. The Morgan fingerprint density at radius 2 is 2.16 bits per heavy atom. The number of aryl methyl sites for hydroxylation is 1. The van der Waals surface area contributed by atoms with E-state index in [0.717, 1.165) is 22.6 Å². The topological polar surface area (TPSA) is 39.9 Å². The number of hydrogen-bond acceptors (Lipinski definition) is 3. The summed E-state index contributed by atoms with van der Waals surface area (Å²) in [5.41, 5.74) is 1.19. The molecule has 102 valence electrons. The van der Waals surface area contributed by atoms with Gasteiger partial charge in [0.1, 0.15) is 18.7 Å². The summed E-state index contributed by atoms with van der Waals surface area (Å²) in [4.78, 5) is 4.21. The van der Waals surface area contributed by atoms with Gasteiger partial charge in [-0.1, -0.05) is 29.8 Å². The minimum absolute atomic E-state index is 0.413. The third kappa shape index (κ3) is 3.35. The molecule has 0 amide bonds. The lowest BCUT2D eigenvalue weighted by Crippen LogP contribution is -2.08. The highest BCUT2D eigenvalue weighted by Gasteiger charge is 2.10. The maximum Gasteiger partial charge on any atom is 0.164 e. The minimum Gasteiger partial charge on any atom is -0.485 e. The van der Waals surface area contributed by atoms with Crippen molar-refractivity contribution < 1.29 is 4.74 Å². The van der Waals surface area contributed by atoms with Crippen molar-refractivity contribution in [3.8, 4) is 5.75 Å². The zero-order chi connectivity index (χ0) is 13.8. The first-order valence-electron chi connectivity index (χ1n) is 6.40. The van der Waals surface area contributed by atoms with Crippen molar-refractivity contribution in [2.45, 2.75) is 39.8 Å². The van der Waals surface area contributed by atoms with Crippen molar-refractivity contribution in [3.63, 3.8) is 0 Å². The molecule has 5 heteroatoms. The third-order valence-corrected chi connectivity index (χ3v) is 3.44. The smallest absolute Gasteiger partial charge is 0.164 e. The van der Waals surface area contributed by atoms with Gasteiger partial charge in [0.15, 0.2) is 5.82 Å². The Morgan fingerprint density at radius 3 is 2.84 bits per heavy atom. The van der Waals surface area contributed by atoms with Gasteiger partial charge in [-0.15, -0.1) is 0 Å². The Morgan fingerprint density at radius 1 is 1.37 bits per heavy atom. The molecule has 2 rings (SSSR count). The molecule has 19 heavy (non-hydrogen) atoms. The lowest BCUT2D eigenvalue weighted by atomic mass is 10.0. The van der Waals surface area contributed by atoms with Gasteiger partial charge in [0.05, 0.1) is 0 Å². The molecule has 0 saturated heterocycles. The van der Waals surface area contributed by atoms with Crippen molar-refractivity contribution in [2.75, 3.05) is 0 Å². The number of nitrogens with zero attached hydrogens (tertiary/aromatic N) is 3. The van der Waals surface area contributed by atoms with Crippen LogP contribution in [0.2, 0.25) is 0 Å². The highest BCUT2D eigenvalue weighted by atomic mass is 79.9. The van der Waals surface area contributed by atoms with Gasteiger partial charge in [0, 0.05) is 11.0 Å². The van der Waals surface area contributed by atoms with Gasteiger partial charge >= 0.3 is 0 Å². The molecule has 0 N–H and O–H groups in total. The third-order valence-electron chi connectivity index (χ3n) is 2.95.